The van der Waals surface area contributed by atoms with Crippen molar-refractivity contribution < 1.29 is 0 Å². The van der Waals surface area contributed by atoms with Gasteiger partial charge in [0.2, 0.25) is 0 Å². The molecule has 0 aromatic heterocycles. The van der Waals surface area contributed by atoms with Crippen LogP contribution in [0.3, 0.4) is 0 Å². The van der Waals surface area contributed by atoms with E-state index in [4.69, 9.17) is 5.26 Å². The summed E-state index contributed by atoms with van der Waals surface area (Å²) in [4.78, 5) is 0. The number of nitriles is 1. The molecule has 4 unspecified atom stereocenters. The second kappa shape index (κ2) is 8.80. The van der Waals surface area contributed by atoms with Crippen LogP contribution in [0.1, 0.15) is 84.0 Å². The van der Waals surface area contributed by atoms with Crippen LogP contribution in [0.2, 0.25) is 0 Å². The Bertz CT molecular complexity index is 393. The van der Waals surface area contributed by atoms with Crippen LogP contribution in [0.25, 0.3) is 0 Å². The second-order valence-corrected chi connectivity index (χ2v) is 9.90. The fourth-order valence-electron chi connectivity index (χ4n) is 5.58. The van der Waals surface area contributed by atoms with E-state index >= 15 is 0 Å². The summed E-state index contributed by atoms with van der Waals surface area (Å²) >= 11 is 2.28. The van der Waals surface area contributed by atoms with E-state index in [1.165, 1.54) is 82.8 Å². The molecule has 0 radical (unpaired) electrons. The van der Waals surface area contributed by atoms with Crippen molar-refractivity contribution in [2.45, 2.75) is 89.2 Å². The molecule has 3 fully saturated rings. The average Bonchev–Trinajstić information content (AvgIpc) is 2.61. The molecule has 3 rings (SSSR count). The van der Waals surface area contributed by atoms with Crippen molar-refractivity contribution in [3.8, 4) is 6.07 Å². The van der Waals surface area contributed by atoms with Gasteiger partial charge in [-0.15, -0.1) is 0 Å². The topological polar surface area (TPSA) is 23.8 Å². The molecule has 0 saturated heterocycles. The van der Waals surface area contributed by atoms with Crippen LogP contribution in [-0.4, -0.2) is 11.0 Å². The highest BCUT2D eigenvalue weighted by Crippen LogP contribution is 2.49. The van der Waals surface area contributed by atoms with Crippen LogP contribution in [0.5, 0.6) is 0 Å². The molecule has 0 amide bonds. The minimum absolute atomic E-state index is 0.373. The molecule has 4 atom stereocenters. The van der Waals surface area contributed by atoms with Gasteiger partial charge in [-0.2, -0.15) is 17.0 Å². The van der Waals surface area contributed by atoms with Gasteiger partial charge >= 0.3 is 0 Å². The molecular formula is C21H35NS. The average molecular weight is 334 g/mol. The zero-order chi connectivity index (χ0) is 16.1. The van der Waals surface area contributed by atoms with Gasteiger partial charge in [0.15, 0.2) is 0 Å². The van der Waals surface area contributed by atoms with Gasteiger partial charge in [-0.05, 0) is 100 Å². The Morgan fingerprint density at radius 2 is 1.43 bits per heavy atom. The number of thioether (sulfide) groups is 1. The van der Waals surface area contributed by atoms with Crippen molar-refractivity contribution in [2.24, 2.45) is 29.6 Å². The Labute approximate surface area is 148 Å². The fraction of sp³-hybridized carbons (Fsp3) is 0.952. The maximum atomic E-state index is 9.09. The normalized spacial score (nSPS) is 41.0. The minimum Gasteiger partial charge on any atom is -0.198 e. The summed E-state index contributed by atoms with van der Waals surface area (Å²) in [6, 6.07) is 2.50. The number of nitrogens with zero attached hydrogens (tertiary/aromatic N) is 1. The smallest absolute Gasteiger partial charge is 0.0655 e. The third-order valence-electron chi connectivity index (χ3n) is 7.08. The van der Waals surface area contributed by atoms with Gasteiger partial charge in [-0.25, -0.2) is 0 Å². The first kappa shape index (κ1) is 17.7. The first-order valence-electron chi connectivity index (χ1n) is 10.3. The summed E-state index contributed by atoms with van der Waals surface area (Å²) in [6.07, 6.45) is 16.9. The first-order valence-corrected chi connectivity index (χ1v) is 11.4. The zero-order valence-corrected chi connectivity index (χ0v) is 15.8. The molecule has 0 aromatic rings. The minimum atomic E-state index is 0.373. The van der Waals surface area contributed by atoms with Crippen LogP contribution in [0.15, 0.2) is 0 Å². The highest BCUT2D eigenvalue weighted by molar-refractivity contribution is 7.99. The lowest BCUT2D eigenvalue weighted by Gasteiger charge is -2.45. The van der Waals surface area contributed by atoms with Gasteiger partial charge in [0.25, 0.3) is 0 Å². The number of hydrogen-bond acceptors (Lipinski definition) is 2. The van der Waals surface area contributed by atoms with Gasteiger partial charge in [0.05, 0.1) is 6.07 Å². The predicted molar refractivity (Wildman–Crippen MR) is 100 cm³/mol. The molecule has 1 nitrogen and oxygen atoms in total. The highest BCUT2D eigenvalue weighted by atomic mass is 32.2. The summed E-state index contributed by atoms with van der Waals surface area (Å²) in [5, 5.41) is 10.1. The molecule has 130 valence electrons. The number of hydrogen-bond donors (Lipinski definition) is 0. The molecule has 0 bridgehead atoms. The molecule has 3 aliphatic rings. The van der Waals surface area contributed by atoms with Gasteiger partial charge in [0.1, 0.15) is 0 Å². The molecule has 0 spiro atoms. The van der Waals surface area contributed by atoms with Gasteiger partial charge in [0, 0.05) is 11.2 Å². The van der Waals surface area contributed by atoms with Crippen LogP contribution in [0, 0.1) is 40.9 Å². The number of fused-ring (bicyclic) bond motifs is 1. The van der Waals surface area contributed by atoms with Crippen molar-refractivity contribution in [2.75, 3.05) is 5.75 Å². The molecule has 0 N–H and O–H groups in total. The van der Waals surface area contributed by atoms with E-state index in [2.05, 4.69) is 24.8 Å². The largest absolute Gasteiger partial charge is 0.198 e. The SMILES string of the molecule is CCCCSC1CCC2CC(C3CCC(C#N)CC3)CCC2C1. The summed E-state index contributed by atoms with van der Waals surface area (Å²) in [6.45, 7) is 2.31. The maximum Gasteiger partial charge on any atom is 0.0655 e. The summed E-state index contributed by atoms with van der Waals surface area (Å²) in [5.74, 6) is 5.82. The van der Waals surface area contributed by atoms with E-state index in [0.29, 0.717) is 5.92 Å². The van der Waals surface area contributed by atoms with Gasteiger partial charge in [-0.3, -0.25) is 0 Å². The van der Waals surface area contributed by atoms with E-state index < -0.39 is 0 Å². The summed E-state index contributed by atoms with van der Waals surface area (Å²) in [5.41, 5.74) is 0. The summed E-state index contributed by atoms with van der Waals surface area (Å²) < 4.78 is 0. The van der Waals surface area contributed by atoms with Crippen molar-refractivity contribution in [3.05, 3.63) is 0 Å². The van der Waals surface area contributed by atoms with Crippen LogP contribution in [0.4, 0.5) is 0 Å². The highest BCUT2D eigenvalue weighted by Gasteiger charge is 2.38. The Morgan fingerprint density at radius 3 is 2.13 bits per heavy atom. The van der Waals surface area contributed by atoms with Crippen LogP contribution >= 0.6 is 11.8 Å². The van der Waals surface area contributed by atoms with Crippen molar-refractivity contribution in [1.29, 1.82) is 5.26 Å². The lowest BCUT2D eigenvalue weighted by molar-refractivity contribution is 0.0839. The molecule has 0 aliphatic heterocycles. The second-order valence-electron chi connectivity index (χ2n) is 8.49. The van der Waals surface area contributed by atoms with Crippen LogP contribution < -0.4 is 0 Å². The fourth-order valence-corrected chi connectivity index (χ4v) is 7.05. The first-order chi connectivity index (χ1) is 11.3. The maximum absolute atomic E-state index is 9.09. The summed E-state index contributed by atoms with van der Waals surface area (Å²) in [7, 11) is 0. The quantitative estimate of drug-likeness (QED) is 0.541. The monoisotopic (exact) mass is 333 g/mol. The Kier molecular flexibility index (Phi) is 6.75. The van der Waals surface area contributed by atoms with Crippen LogP contribution in [-0.2, 0) is 0 Å². The molecule has 0 aromatic carbocycles. The Hall–Kier alpha value is -0.160. The van der Waals surface area contributed by atoms with E-state index in [1.807, 2.05) is 0 Å². The third-order valence-corrected chi connectivity index (χ3v) is 8.50. The third kappa shape index (κ3) is 4.68. The van der Waals surface area contributed by atoms with Crippen molar-refractivity contribution >= 4 is 11.8 Å². The molecular weight excluding hydrogens is 298 g/mol. The van der Waals surface area contributed by atoms with Gasteiger partial charge in [-0.1, -0.05) is 13.3 Å². The van der Waals surface area contributed by atoms with Gasteiger partial charge < -0.3 is 0 Å². The number of unbranched alkanes of at least 4 members (excludes halogenated alkanes) is 1. The van der Waals surface area contributed by atoms with E-state index in [1.54, 1.807) is 0 Å². The van der Waals surface area contributed by atoms with E-state index in [0.717, 1.165) is 28.9 Å². The molecule has 2 heteroatoms. The van der Waals surface area contributed by atoms with E-state index in [-0.39, 0.29) is 0 Å². The molecule has 3 saturated carbocycles. The predicted octanol–water partition coefficient (Wildman–Crippen LogP) is 6.43. The van der Waals surface area contributed by atoms with Crippen molar-refractivity contribution in [1.82, 2.24) is 0 Å². The lowest BCUT2D eigenvalue weighted by Crippen LogP contribution is -2.35. The Balaban J connectivity index is 1.43. The number of rotatable bonds is 5. The standard InChI is InChI=1S/C21H35NS/c1-2-3-12-23-21-11-10-19-13-18(8-9-20(19)14-21)17-6-4-16(15-22)5-7-17/h16-21H,2-14H2,1H3. The Morgan fingerprint density at radius 1 is 0.826 bits per heavy atom. The van der Waals surface area contributed by atoms with Crippen molar-refractivity contribution in [3.63, 3.8) is 0 Å². The molecule has 3 aliphatic carbocycles. The van der Waals surface area contributed by atoms with E-state index in [9.17, 15) is 0 Å². The zero-order valence-electron chi connectivity index (χ0n) is 15.0. The molecule has 23 heavy (non-hydrogen) atoms. The lowest BCUT2D eigenvalue weighted by atomic mass is 9.62. The molecule has 0 heterocycles.